The summed E-state index contributed by atoms with van der Waals surface area (Å²) in [7, 11) is 0. The third kappa shape index (κ3) is 7.96. The Kier molecular flexibility index (Phi) is 9.72. The second kappa shape index (κ2) is 12.7. The third-order valence-corrected chi connectivity index (χ3v) is 7.07. The van der Waals surface area contributed by atoms with Crippen LogP contribution in [0.15, 0.2) is 13.6 Å². The zero-order valence-electron chi connectivity index (χ0n) is 21.0. The lowest BCUT2D eigenvalue weighted by atomic mass is 9.85. The highest BCUT2D eigenvalue weighted by Gasteiger charge is 2.31. The van der Waals surface area contributed by atoms with Gasteiger partial charge in [0.05, 0.1) is 6.54 Å². The van der Waals surface area contributed by atoms with Crippen LogP contribution in [0.5, 0.6) is 0 Å². The van der Waals surface area contributed by atoms with Crippen LogP contribution in [-0.2, 0) is 25.7 Å². The average molecular weight is 509 g/mol. The van der Waals surface area contributed by atoms with Crippen LogP contribution in [0.1, 0.15) is 69.8 Å². The fraction of sp³-hybridized carbons (Fsp3) is 0.720. The van der Waals surface area contributed by atoms with E-state index in [1.165, 1.54) is 0 Å². The normalized spacial score (nSPS) is 19.8. The molecule has 0 bridgehead atoms. The SMILES string of the molecule is Cc1oc(=O)oc1COC(=O)N1CCC(CC[C@@H]2CCCN(CC(=O)C[C@H](C)CC(=O)O)C2=O)CC1. The maximum Gasteiger partial charge on any atom is 0.519 e. The van der Waals surface area contributed by atoms with Gasteiger partial charge in [0.15, 0.2) is 23.9 Å². The fourth-order valence-electron chi connectivity index (χ4n) is 5.05. The van der Waals surface area contributed by atoms with Crippen molar-refractivity contribution >= 4 is 23.8 Å². The summed E-state index contributed by atoms with van der Waals surface area (Å²) in [5.74, 6) is -1.27. The molecule has 2 aliphatic rings. The van der Waals surface area contributed by atoms with E-state index in [0.717, 1.165) is 38.5 Å². The number of ketones is 1. The van der Waals surface area contributed by atoms with Gasteiger partial charge in [0.2, 0.25) is 5.91 Å². The maximum atomic E-state index is 12.9. The minimum absolute atomic E-state index is 0.0164. The van der Waals surface area contributed by atoms with Gasteiger partial charge in [0.25, 0.3) is 0 Å². The molecule has 3 heterocycles. The van der Waals surface area contributed by atoms with E-state index in [2.05, 4.69) is 0 Å². The van der Waals surface area contributed by atoms with E-state index in [1.54, 1.807) is 23.6 Å². The first-order valence-corrected chi connectivity index (χ1v) is 12.7. The molecule has 2 fully saturated rings. The molecule has 0 radical (unpaired) electrons. The number of rotatable bonds is 11. The Bertz CT molecular complexity index is 990. The van der Waals surface area contributed by atoms with Gasteiger partial charge >= 0.3 is 17.9 Å². The van der Waals surface area contributed by atoms with E-state index < -0.39 is 17.9 Å². The van der Waals surface area contributed by atoms with E-state index in [-0.39, 0.29) is 55.3 Å². The maximum absolute atomic E-state index is 12.9. The Morgan fingerprint density at radius 1 is 1.06 bits per heavy atom. The molecule has 0 aromatic carbocycles. The second-order valence-corrected chi connectivity index (χ2v) is 10.0. The molecule has 200 valence electrons. The number of hydrogen-bond donors (Lipinski definition) is 1. The van der Waals surface area contributed by atoms with E-state index >= 15 is 0 Å². The van der Waals surface area contributed by atoms with Crippen LogP contribution >= 0.6 is 0 Å². The first-order chi connectivity index (χ1) is 17.1. The lowest BCUT2D eigenvalue weighted by Gasteiger charge is -2.34. The van der Waals surface area contributed by atoms with Crippen molar-refractivity contribution in [2.45, 2.75) is 71.8 Å². The van der Waals surface area contributed by atoms with E-state index in [1.807, 2.05) is 0 Å². The smallest absolute Gasteiger partial charge is 0.481 e. The molecular formula is C25H36N2O9. The molecule has 2 atom stereocenters. The van der Waals surface area contributed by atoms with E-state index in [0.29, 0.717) is 31.3 Å². The lowest BCUT2D eigenvalue weighted by molar-refractivity contribution is -0.142. The van der Waals surface area contributed by atoms with Crippen molar-refractivity contribution in [2.75, 3.05) is 26.2 Å². The Morgan fingerprint density at radius 2 is 1.78 bits per heavy atom. The summed E-state index contributed by atoms with van der Waals surface area (Å²) < 4.78 is 14.8. The highest BCUT2D eigenvalue weighted by molar-refractivity contribution is 5.87. The van der Waals surface area contributed by atoms with Crippen molar-refractivity contribution < 1.29 is 37.9 Å². The fourth-order valence-corrected chi connectivity index (χ4v) is 5.05. The number of carbonyl (C=O) groups excluding carboxylic acids is 3. The zero-order chi connectivity index (χ0) is 26.2. The molecule has 2 aliphatic heterocycles. The van der Waals surface area contributed by atoms with Crippen molar-refractivity contribution in [3.8, 4) is 0 Å². The van der Waals surface area contributed by atoms with E-state index in [9.17, 15) is 24.0 Å². The van der Waals surface area contributed by atoms with Gasteiger partial charge in [-0.15, -0.1) is 0 Å². The number of nitrogens with zero attached hydrogens (tertiary/aromatic N) is 2. The standard InChI is InChI=1S/C25H36N2O9/c1-16(13-22(29)30)12-20(28)14-27-9-3-4-19(23(27)31)6-5-18-7-10-26(11-8-18)24(32)34-15-21-17(2)35-25(33)36-21/h16,18-19H,3-15H2,1-2H3,(H,29,30)/t16-,19-/m0/s1. The summed E-state index contributed by atoms with van der Waals surface area (Å²) in [6.07, 6.45) is 4.60. The molecule has 1 aromatic heterocycles. The number of carbonyl (C=O) groups is 4. The summed E-state index contributed by atoms with van der Waals surface area (Å²) in [6, 6.07) is 0. The number of likely N-dealkylation sites (tertiary alicyclic amines) is 2. The topological polar surface area (TPSA) is 148 Å². The van der Waals surface area contributed by atoms with Crippen molar-refractivity contribution in [3.05, 3.63) is 22.1 Å². The Hall–Kier alpha value is -3.11. The summed E-state index contributed by atoms with van der Waals surface area (Å²) in [5.41, 5.74) is 0. The van der Waals surface area contributed by atoms with Gasteiger partial charge in [0.1, 0.15) is 0 Å². The molecule has 2 saturated heterocycles. The van der Waals surface area contributed by atoms with Crippen LogP contribution in [0.25, 0.3) is 0 Å². The van der Waals surface area contributed by atoms with Gasteiger partial charge in [-0.25, -0.2) is 9.59 Å². The summed E-state index contributed by atoms with van der Waals surface area (Å²) in [5, 5.41) is 8.86. The van der Waals surface area contributed by atoms with Gasteiger partial charge in [-0.1, -0.05) is 6.92 Å². The molecule has 36 heavy (non-hydrogen) atoms. The number of amides is 2. The number of aryl methyl sites for hydroxylation is 1. The van der Waals surface area contributed by atoms with Crippen molar-refractivity contribution in [2.24, 2.45) is 17.8 Å². The predicted octanol–water partition coefficient (Wildman–Crippen LogP) is 2.98. The number of carboxylic acids is 1. The largest absolute Gasteiger partial charge is 0.519 e. The zero-order valence-corrected chi connectivity index (χ0v) is 21.0. The molecule has 0 spiro atoms. The van der Waals surface area contributed by atoms with E-state index in [4.69, 9.17) is 18.7 Å². The molecule has 0 saturated carbocycles. The van der Waals surface area contributed by atoms with Crippen LogP contribution in [0.4, 0.5) is 4.79 Å². The van der Waals surface area contributed by atoms with Gasteiger partial charge in [-0.3, -0.25) is 14.4 Å². The lowest BCUT2D eigenvalue weighted by Crippen LogP contribution is -2.44. The average Bonchev–Trinajstić information content (AvgIpc) is 3.14. The van der Waals surface area contributed by atoms with Crippen LogP contribution in [-0.4, -0.2) is 64.8 Å². The molecular weight excluding hydrogens is 472 g/mol. The highest BCUT2D eigenvalue weighted by atomic mass is 16.6. The molecule has 11 heteroatoms. The van der Waals surface area contributed by atoms with Gasteiger partial charge < -0.3 is 28.5 Å². The first kappa shape index (κ1) is 27.5. The van der Waals surface area contributed by atoms with Crippen molar-refractivity contribution in [1.82, 2.24) is 9.80 Å². The molecule has 1 aromatic rings. The molecule has 3 rings (SSSR count). The van der Waals surface area contributed by atoms with Crippen LogP contribution < -0.4 is 5.82 Å². The Labute approximate surface area is 209 Å². The summed E-state index contributed by atoms with van der Waals surface area (Å²) in [6.45, 7) is 4.89. The van der Waals surface area contributed by atoms with Gasteiger partial charge in [-0.05, 0) is 57.3 Å². The van der Waals surface area contributed by atoms with Crippen molar-refractivity contribution in [3.63, 3.8) is 0 Å². The second-order valence-electron chi connectivity index (χ2n) is 10.0. The predicted molar refractivity (Wildman–Crippen MR) is 126 cm³/mol. The van der Waals surface area contributed by atoms with Crippen LogP contribution in [0, 0.1) is 24.7 Å². The molecule has 0 aliphatic carbocycles. The molecule has 2 amide bonds. The minimum atomic E-state index is -0.925. The number of Topliss-reactive ketones (excluding diaryl/α,β-unsaturated/α-hetero) is 1. The molecule has 0 unspecified atom stereocenters. The number of aliphatic carboxylic acids is 1. The number of piperidine rings is 2. The summed E-state index contributed by atoms with van der Waals surface area (Å²) >= 11 is 0. The highest BCUT2D eigenvalue weighted by Crippen LogP contribution is 2.29. The van der Waals surface area contributed by atoms with Crippen molar-refractivity contribution in [1.29, 1.82) is 0 Å². The number of carboxylic acid groups (broad SMARTS) is 1. The first-order valence-electron chi connectivity index (χ1n) is 12.7. The van der Waals surface area contributed by atoms with Gasteiger partial charge in [0, 0.05) is 38.4 Å². The molecule has 11 nitrogen and oxygen atoms in total. The summed E-state index contributed by atoms with van der Waals surface area (Å²) in [4.78, 5) is 62.8. The Balaban J connectivity index is 1.37. The number of ether oxygens (including phenoxy) is 1. The van der Waals surface area contributed by atoms with Crippen LogP contribution in [0.3, 0.4) is 0 Å². The monoisotopic (exact) mass is 508 g/mol. The quantitative estimate of drug-likeness (QED) is 0.476. The van der Waals surface area contributed by atoms with Crippen LogP contribution in [0.2, 0.25) is 0 Å². The molecule has 1 N–H and O–H groups in total. The minimum Gasteiger partial charge on any atom is -0.481 e. The Morgan fingerprint density at radius 3 is 2.42 bits per heavy atom. The van der Waals surface area contributed by atoms with Gasteiger partial charge in [-0.2, -0.15) is 0 Å². The third-order valence-electron chi connectivity index (χ3n) is 7.07. The number of hydrogen-bond acceptors (Lipinski definition) is 8.